The lowest BCUT2D eigenvalue weighted by Crippen LogP contribution is -2.39. The van der Waals surface area contributed by atoms with Gasteiger partial charge in [-0.3, -0.25) is 0 Å². The standard InChI is InChI=1S/C13H20ClN3O2S/c1-3-6-17-7-4-9(5-8-17)15-13-16-11(14)10(20-13)12(18)19-2/h9H,3-8H2,1-2H3,(H,15,16). The van der Waals surface area contributed by atoms with Crippen LogP contribution in [0.3, 0.4) is 0 Å². The number of thiazole rings is 1. The molecule has 0 aliphatic carbocycles. The molecule has 112 valence electrons. The monoisotopic (exact) mass is 317 g/mol. The zero-order valence-electron chi connectivity index (χ0n) is 11.8. The molecule has 1 aliphatic rings. The minimum Gasteiger partial charge on any atom is -0.465 e. The molecule has 7 heteroatoms. The molecule has 1 fully saturated rings. The van der Waals surface area contributed by atoms with Gasteiger partial charge in [-0.25, -0.2) is 9.78 Å². The zero-order chi connectivity index (χ0) is 14.5. The second-order valence-electron chi connectivity index (χ2n) is 4.89. The summed E-state index contributed by atoms with van der Waals surface area (Å²) in [6.07, 6.45) is 3.37. The summed E-state index contributed by atoms with van der Waals surface area (Å²) in [6.45, 7) is 5.58. The number of halogens is 1. The fourth-order valence-corrected chi connectivity index (χ4v) is 3.55. The lowest BCUT2D eigenvalue weighted by Gasteiger charge is -2.31. The lowest BCUT2D eigenvalue weighted by atomic mass is 10.1. The van der Waals surface area contributed by atoms with Gasteiger partial charge >= 0.3 is 5.97 Å². The molecule has 0 atom stereocenters. The van der Waals surface area contributed by atoms with Crippen molar-refractivity contribution < 1.29 is 9.53 Å². The van der Waals surface area contributed by atoms with Crippen LogP contribution in [0, 0.1) is 0 Å². The number of likely N-dealkylation sites (tertiary alicyclic amines) is 1. The molecule has 20 heavy (non-hydrogen) atoms. The van der Waals surface area contributed by atoms with E-state index < -0.39 is 5.97 Å². The molecule has 0 saturated carbocycles. The maximum absolute atomic E-state index is 11.5. The van der Waals surface area contributed by atoms with Crippen LogP contribution in [0.5, 0.6) is 0 Å². The Morgan fingerprint density at radius 1 is 1.55 bits per heavy atom. The summed E-state index contributed by atoms with van der Waals surface area (Å²) in [7, 11) is 1.34. The van der Waals surface area contributed by atoms with E-state index in [1.165, 1.54) is 31.4 Å². The Morgan fingerprint density at radius 2 is 2.25 bits per heavy atom. The maximum Gasteiger partial charge on any atom is 0.351 e. The molecule has 0 amide bonds. The van der Waals surface area contributed by atoms with Gasteiger partial charge in [-0.15, -0.1) is 0 Å². The third-order valence-electron chi connectivity index (χ3n) is 3.41. The van der Waals surface area contributed by atoms with Crippen molar-refractivity contribution >= 4 is 34.0 Å². The van der Waals surface area contributed by atoms with Crippen LogP contribution in [0.1, 0.15) is 35.9 Å². The molecule has 1 aromatic heterocycles. The van der Waals surface area contributed by atoms with Gasteiger partial charge in [0.2, 0.25) is 0 Å². The Morgan fingerprint density at radius 3 is 2.85 bits per heavy atom. The highest BCUT2D eigenvalue weighted by atomic mass is 35.5. The number of carbonyl (C=O) groups is 1. The van der Waals surface area contributed by atoms with Gasteiger partial charge in [-0.1, -0.05) is 29.9 Å². The predicted octanol–water partition coefficient (Wildman–Crippen LogP) is 2.87. The van der Waals surface area contributed by atoms with E-state index in [1.807, 2.05) is 0 Å². The number of esters is 1. The van der Waals surface area contributed by atoms with Crippen molar-refractivity contribution in [3.8, 4) is 0 Å². The lowest BCUT2D eigenvalue weighted by molar-refractivity contribution is 0.0606. The van der Waals surface area contributed by atoms with E-state index in [0.717, 1.165) is 25.9 Å². The number of nitrogens with one attached hydrogen (secondary N) is 1. The van der Waals surface area contributed by atoms with Gasteiger partial charge < -0.3 is 15.0 Å². The van der Waals surface area contributed by atoms with Crippen molar-refractivity contribution in [2.75, 3.05) is 32.1 Å². The fraction of sp³-hybridized carbons (Fsp3) is 0.692. The van der Waals surface area contributed by atoms with Gasteiger partial charge in [-0.2, -0.15) is 0 Å². The molecule has 1 N–H and O–H groups in total. The number of nitrogens with zero attached hydrogens (tertiary/aromatic N) is 2. The summed E-state index contributed by atoms with van der Waals surface area (Å²) in [5.74, 6) is -0.432. The third-order valence-corrected chi connectivity index (χ3v) is 4.76. The summed E-state index contributed by atoms with van der Waals surface area (Å²) >= 11 is 7.21. The summed E-state index contributed by atoms with van der Waals surface area (Å²) in [5.41, 5.74) is 0. The van der Waals surface area contributed by atoms with Crippen molar-refractivity contribution in [3.05, 3.63) is 10.0 Å². The van der Waals surface area contributed by atoms with Crippen LogP contribution in [0.15, 0.2) is 0 Å². The first kappa shape index (κ1) is 15.5. The van der Waals surface area contributed by atoms with Crippen LogP contribution in [-0.4, -0.2) is 48.6 Å². The molecule has 1 aromatic rings. The molecular weight excluding hydrogens is 298 g/mol. The minimum atomic E-state index is -0.432. The number of rotatable bonds is 5. The normalized spacial score (nSPS) is 17.1. The van der Waals surface area contributed by atoms with Crippen molar-refractivity contribution in [3.63, 3.8) is 0 Å². The van der Waals surface area contributed by atoms with Crippen molar-refractivity contribution in [1.29, 1.82) is 0 Å². The van der Waals surface area contributed by atoms with E-state index in [4.69, 9.17) is 11.6 Å². The van der Waals surface area contributed by atoms with E-state index in [-0.39, 0.29) is 5.15 Å². The topological polar surface area (TPSA) is 54.5 Å². The quantitative estimate of drug-likeness (QED) is 0.846. The molecule has 2 heterocycles. The van der Waals surface area contributed by atoms with Gasteiger partial charge in [0.1, 0.15) is 0 Å². The highest BCUT2D eigenvalue weighted by Gasteiger charge is 2.22. The van der Waals surface area contributed by atoms with Crippen LogP contribution in [0.4, 0.5) is 5.13 Å². The molecule has 0 aromatic carbocycles. The smallest absolute Gasteiger partial charge is 0.351 e. The third kappa shape index (κ3) is 3.84. The Kier molecular flexibility index (Phi) is 5.63. The van der Waals surface area contributed by atoms with Gasteiger partial charge in [-0.05, 0) is 25.8 Å². The van der Waals surface area contributed by atoms with Gasteiger partial charge in [0, 0.05) is 19.1 Å². The van der Waals surface area contributed by atoms with E-state index in [0.29, 0.717) is 16.1 Å². The predicted molar refractivity (Wildman–Crippen MR) is 81.8 cm³/mol. The van der Waals surface area contributed by atoms with Crippen molar-refractivity contribution in [2.45, 2.75) is 32.2 Å². The van der Waals surface area contributed by atoms with E-state index in [9.17, 15) is 4.79 Å². The number of aromatic nitrogens is 1. The molecule has 2 rings (SSSR count). The van der Waals surface area contributed by atoms with Crippen LogP contribution < -0.4 is 5.32 Å². The Bertz CT molecular complexity index is 458. The summed E-state index contributed by atoms with van der Waals surface area (Å²) in [6, 6.07) is 0.399. The first-order valence-corrected chi connectivity index (χ1v) is 8.07. The molecule has 1 aliphatic heterocycles. The van der Waals surface area contributed by atoms with Crippen LogP contribution in [0.25, 0.3) is 0 Å². The maximum atomic E-state index is 11.5. The van der Waals surface area contributed by atoms with Crippen molar-refractivity contribution in [2.24, 2.45) is 0 Å². The van der Waals surface area contributed by atoms with Crippen LogP contribution in [0.2, 0.25) is 5.15 Å². The zero-order valence-corrected chi connectivity index (χ0v) is 13.4. The summed E-state index contributed by atoms with van der Waals surface area (Å²) in [5, 5.41) is 4.29. The van der Waals surface area contributed by atoms with Crippen LogP contribution >= 0.6 is 22.9 Å². The number of anilines is 1. The molecule has 1 saturated heterocycles. The number of methoxy groups -OCH3 is 1. The Hall–Kier alpha value is -0.850. The number of hydrogen-bond acceptors (Lipinski definition) is 6. The van der Waals surface area contributed by atoms with Gasteiger partial charge in [0.05, 0.1) is 7.11 Å². The molecule has 5 nitrogen and oxygen atoms in total. The van der Waals surface area contributed by atoms with E-state index in [2.05, 4.69) is 26.9 Å². The van der Waals surface area contributed by atoms with Gasteiger partial charge in [0.25, 0.3) is 0 Å². The first-order valence-electron chi connectivity index (χ1n) is 6.87. The average Bonchev–Trinajstić information content (AvgIpc) is 2.81. The molecular formula is C13H20ClN3O2S. The molecule has 0 bridgehead atoms. The highest BCUT2D eigenvalue weighted by molar-refractivity contribution is 7.18. The van der Waals surface area contributed by atoms with Crippen molar-refractivity contribution in [1.82, 2.24) is 9.88 Å². The SMILES string of the molecule is CCCN1CCC(Nc2nc(Cl)c(C(=O)OC)s2)CC1. The molecule has 0 unspecified atom stereocenters. The number of piperidine rings is 1. The van der Waals surface area contributed by atoms with E-state index >= 15 is 0 Å². The summed E-state index contributed by atoms with van der Waals surface area (Å²) < 4.78 is 4.67. The number of carbonyl (C=O) groups excluding carboxylic acids is 1. The fourth-order valence-electron chi connectivity index (χ4n) is 2.37. The second-order valence-corrected chi connectivity index (χ2v) is 6.25. The molecule has 0 spiro atoms. The molecule has 0 radical (unpaired) electrons. The Balaban J connectivity index is 1.90. The second kappa shape index (κ2) is 7.24. The summed E-state index contributed by atoms with van der Waals surface area (Å²) in [4.78, 5) is 18.5. The highest BCUT2D eigenvalue weighted by Crippen LogP contribution is 2.29. The number of hydrogen-bond donors (Lipinski definition) is 1. The first-order chi connectivity index (χ1) is 9.63. The minimum absolute atomic E-state index is 0.216. The Labute approximate surface area is 128 Å². The van der Waals surface area contributed by atoms with Gasteiger partial charge in [0.15, 0.2) is 15.2 Å². The van der Waals surface area contributed by atoms with E-state index in [1.54, 1.807) is 0 Å². The largest absolute Gasteiger partial charge is 0.465 e. The number of ether oxygens (including phenoxy) is 1. The average molecular weight is 318 g/mol. The van der Waals surface area contributed by atoms with Crippen LogP contribution in [-0.2, 0) is 4.74 Å².